The third kappa shape index (κ3) is 6.94. The number of carbonyl (C=O) groups is 2. The lowest BCUT2D eigenvalue weighted by Gasteiger charge is -2.24. The third-order valence-corrected chi connectivity index (χ3v) is 10.7. The number of carbonyl (C=O) groups excluding carboxylic acids is 2. The van der Waals surface area contributed by atoms with Gasteiger partial charge in [-0.1, -0.05) is 83.2 Å². The molecule has 0 saturated carbocycles. The van der Waals surface area contributed by atoms with Gasteiger partial charge < -0.3 is 19.3 Å². The summed E-state index contributed by atoms with van der Waals surface area (Å²) in [5.74, 6) is 0.343. The highest BCUT2D eigenvalue weighted by molar-refractivity contribution is 8.00. The van der Waals surface area contributed by atoms with Crippen molar-refractivity contribution in [1.82, 2.24) is 10.2 Å². The maximum Gasteiger partial charge on any atom is 0.301 e. The van der Waals surface area contributed by atoms with Crippen LogP contribution in [0, 0.1) is 0 Å². The summed E-state index contributed by atoms with van der Waals surface area (Å²) in [6, 6.07) is 26.8. The highest BCUT2D eigenvalue weighted by Gasteiger charge is 2.48. The van der Waals surface area contributed by atoms with E-state index in [-0.39, 0.29) is 22.6 Å². The van der Waals surface area contributed by atoms with E-state index in [9.17, 15) is 14.7 Å². The summed E-state index contributed by atoms with van der Waals surface area (Å²) < 4.78 is 18.6. The van der Waals surface area contributed by atoms with Gasteiger partial charge in [0.15, 0.2) is 15.8 Å². The molecule has 2 unspecified atom stereocenters. The molecule has 9 nitrogen and oxygen atoms in total. The summed E-state index contributed by atoms with van der Waals surface area (Å²) in [5.41, 5.74) is 3.83. The fraction of sp³-hybridized carbons (Fsp3) is 0.211. The molecule has 254 valence electrons. The van der Waals surface area contributed by atoms with Crippen LogP contribution in [0.25, 0.3) is 5.76 Å². The van der Waals surface area contributed by atoms with Crippen LogP contribution < -0.4 is 19.1 Å². The first kappa shape index (κ1) is 33.6. The van der Waals surface area contributed by atoms with Crippen molar-refractivity contribution in [1.29, 1.82) is 0 Å². The highest BCUT2D eigenvalue weighted by Crippen LogP contribution is 2.46. The molecule has 2 atom stereocenters. The van der Waals surface area contributed by atoms with Gasteiger partial charge in [-0.25, -0.2) is 0 Å². The number of Topliss-reactive ketones (excluding diaryl/α,β-unsaturated/α-hetero) is 1. The Labute approximate surface area is 302 Å². The first-order chi connectivity index (χ1) is 24.3. The maximum atomic E-state index is 13.9. The molecule has 2 aliphatic heterocycles. The second-order valence-corrected chi connectivity index (χ2v) is 14.4. The minimum atomic E-state index is -1.03. The topological polar surface area (TPSA) is 111 Å². The number of nitrogens with zero attached hydrogens (tertiary/aromatic N) is 3. The van der Waals surface area contributed by atoms with Gasteiger partial charge in [0.25, 0.3) is 5.78 Å². The van der Waals surface area contributed by atoms with Gasteiger partial charge in [-0.05, 0) is 78.6 Å². The Morgan fingerprint density at radius 1 is 0.980 bits per heavy atom. The standard InChI is InChI=1S/C38H32ClN3O6S2/c1-3-46-31-19-25(11-16-30(31)47-20-23-7-5-4-6-8-23)33-32(34(43)26-12-15-29-27(18-26)17-22(2)48-29)35(44)36(45)42(33)37-40-41-38(50-37)49-21-24-9-13-28(39)14-10-24/h4-16,18-19,22,33,43H,3,17,20-21H2,1-2H3/b34-32-. The van der Waals surface area contributed by atoms with Crippen molar-refractivity contribution in [3.8, 4) is 17.2 Å². The first-order valence-corrected chi connectivity index (χ1v) is 18.2. The molecule has 12 heteroatoms. The van der Waals surface area contributed by atoms with Crippen LogP contribution >= 0.6 is 34.7 Å². The van der Waals surface area contributed by atoms with Crippen LogP contribution in [0.5, 0.6) is 17.2 Å². The largest absolute Gasteiger partial charge is 0.507 e. The number of benzene rings is 4. The Hall–Kier alpha value is -4.84. The molecule has 1 N–H and O–H groups in total. The number of hydrogen-bond acceptors (Lipinski definition) is 10. The number of hydrogen-bond donors (Lipinski definition) is 1. The maximum absolute atomic E-state index is 13.9. The summed E-state index contributed by atoms with van der Waals surface area (Å²) >= 11 is 8.70. The van der Waals surface area contributed by atoms with E-state index in [0.29, 0.717) is 57.4 Å². The molecule has 7 rings (SSSR count). The SMILES string of the molecule is CCOc1cc(C2/C(=C(/O)c3ccc4c(c3)CC(C)O4)C(=O)C(=O)N2c2nnc(SCc3ccc(Cl)cc3)s2)ccc1OCc1ccccc1. The number of ketones is 1. The van der Waals surface area contributed by atoms with E-state index in [2.05, 4.69) is 10.2 Å². The lowest BCUT2D eigenvalue weighted by Crippen LogP contribution is -2.29. The zero-order chi connectivity index (χ0) is 34.8. The highest BCUT2D eigenvalue weighted by atomic mass is 35.5. The molecule has 1 amide bonds. The average Bonchev–Trinajstić information content (AvgIpc) is 3.82. The molecule has 1 aromatic heterocycles. The Balaban J connectivity index is 1.27. The molecule has 0 bridgehead atoms. The van der Waals surface area contributed by atoms with Crippen molar-refractivity contribution >= 4 is 57.3 Å². The number of ether oxygens (including phenoxy) is 3. The number of amides is 1. The van der Waals surface area contributed by atoms with Gasteiger partial charge in [0.2, 0.25) is 5.13 Å². The van der Waals surface area contributed by atoms with E-state index >= 15 is 0 Å². The quantitative estimate of drug-likeness (QED) is 0.0472. The average molecular weight is 726 g/mol. The molecule has 2 aliphatic rings. The molecular weight excluding hydrogens is 694 g/mol. The van der Waals surface area contributed by atoms with Gasteiger partial charge >= 0.3 is 5.91 Å². The van der Waals surface area contributed by atoms with Crippen LogP contribution in [0.4, 0.5) is 5.13 Å². The Morgan fingerprint density at radius 3 is 2.56 bits per heavy atom. The second-order valence-electron chi connectivity index (χ2n) is 11.8. The predicted octanol–water partition coefficient (Wildman–Crippen LogP) is 8.41. The van der Waals surface area contributed by atoms with Crippen LogP contribution in [0.2, 0.25) is 5.02 Å². The van der Waals surface area contributed by atoms with Crippen LogP contribution in [0.15, 0.2) is 101 Å². The van der Waals surface area contributed by atoms with Gasteiger partial charge in [0.05, 0.1) is 18.2 Å². The van der Waals surface area contributed by atoms with E-state index in [4.69, 9.17) is 25.8 Å². The molecule has 0 radical (unpaired) electrons. The molecule has 50 heavy (non-hydrogen) atoms. The number of aromatic nitrogens is 2. The Morgan fingerprint density at radius 2 is 1.78 bits per heavy atom. The minimum Gasteiger partial charge on any atom is -0.507 e. The Kier molecular flexibility index (Phi) is 9.80. The van der Waals surface area contributed by atoms with Crippen LogP contribution in [-0.4, -0.2) is 39.7 Å². The van der Waals surface area contributed by atoms with Crippen molar-refractivity contribution in [2.45, 2.75) is 49.1 Å². The van der Waals surface area contributed by atoms with Crippen molar-refractivity contribution < 1.29 is 28.9 Å². The van der Waals surface area contributed by atoms with Crippen molar-refractivity contribution in [3.05, 3.63) is 129 Å². The number of rotatable bonds is 11. The first-order valence-electron chi connectivity index (χ1n) is 16.0. The smallest absolute Gasteiger partial charge is 0.301 e. The molecule has 3 heterocycles. The Bertz CT molecular complexity index is 2090. The molecule has 0 spiro atoms. The predicted molar refractivity (Wildman–Crippen MR) is 194 cm³/mol. The van der Waals surface area contributed by atoms with Crippen LogP contribution in [0.1, 0.15) is 47.7 Å². The van der Waals surface area contributed by atoms with Crippen molar-refractivity contribution in [2.75, 3.05) is 11.5 Å². The summed E-state index contributed by atoms with van der Waals surface area (Å²) in [5, 5.41) is 21.4. The van der Waals surface area contributed by atoms with E-state index in [1.807, 2.05) is 68.4 Å². The van der Waals surface area contributed by atoms with Gasteiger partial charge in [0.1, 0.15) is 24.2 Å². The van der Waals surface area contributed by atoms with Gasteiger partial charge in [-0.3, -0.25) is 14.5 Å². The summed E-state index contributed by atoms with van der Waals surface area (Å²) in [6.45, 7) is 4.51. The number of aliphatic hydroxyl groups is 1. The fourth-order valence-electron chi connectivity index (χ4n) is 5.97. The van der Waals surface area contributed by atoms with Crippen LogP contribution in [-0.2, 0) is 28.4 Å². The normalized spacial score (nSPS) is 17.9. The number of halogens is 1. The zero-order valence-corrected chi connectivity index (χ0v) is 29.6. The van der Waals surface area contributed by atoms with Gasteiger partial charge in [0, 0.05) is 22.8 Å². The molecule has 0 aliphatic carbocycles. The van der Waals surface area contributed by atoms with Gasteiger partial charge in [-0.15, -0.1) is 10.2 Å². The molecule has 5 aromatic rings. The number of aliphatic hydroxyl groups excluding tert-OH is 1. The third-order valence-electron chi connectivity index (χ3n) is 8.31. The minimum absolute atomic E-state index is 0.00301. The number of thioether (sulfide) groups is 1. The van der Waals surface area contributed by atoms with Crippen molar-refractivity contribution in [3.63, 3.8) is 0 Å². The molecule has 1 saturated heterocycles. The fourth-order valence-corrected chi connectivity index (χ4v) is 7.92. The monoisotopic (exact) mass is 725 g/mol. The summed E-state index contributed by atoms with van der Waals surface area (Å²) in [7, 11) is 0. The molecule has 4 aromatic carbocycles. The number of fused-ring (bicyclic) bond motifs is 1. The molecular formula is C38H32ClN3O6S2. The second kappa shape index (κ2) is 14.6. The lowest BCUT2D eigenvalue weighted by molar-refractivity contribution is -0.132. The summed E-state index contributed by atoms with van der Waals surface area (Å²) in [4.78, 5) is 29.1. The zero-order valence-electron chi connectivity index (χ0n) is 27.2. The van der Waals surface area contributed by atoms with E-state index in [1.165, 1.54) is 28.0 Å². The van der Waals surface area contributed by atoms with Crippen LogP contribution in [0.3, 0.4) is 0 Å². The van der Waals surface area contributed by atoms with Gasteiger partial charge in [-0.2, -0.15) is 0 Å². The van der Waals surface area contributed by atoms with E-state index in [1.54, 1.807) is 36.4 Å². The molecule has 1 fully saturated rings. The van der Waals surface area contributed by atoms with Crippen molar-refractivity contribution in [2.24, 2.45) is 0 Å². The lowest BCUT2D eigenvalue weighted by atomic mass is 9.94. The van der Waals surface area contributed by atoms with E-state index < -0.39 is 17.7 Å². The number of anilines is 1. The van der Waals surface area contributed by atoms with E-state index in [0.717, 1.165) is 22.4 Å². The summed E-state index contributed by atoms with van der Waals surface area (Å²) in [6.07, 6.45) is 0.661.